The van der Waals surface area contributed by atoms with Crippen molar-refractivity contribution < 1.29 is 23.0 Å². The van der Waals surface area contributed by atoms with E-state index >= 15 is 0 Å². The van der Waals surface area contributed by atoms with Crippen LogP contribution in [0.2, 0.25) is 0 Å². The summed E-state index contributed by atoms with van der Waals surface area (Å²) in [6.45, 7) is 2.00. The standard InChI is InChI=1S/C11H13BrF3NO2.ClH/c1-2-18-8-4-3-6(12)5-7(8)9(16)10(17)11(13,14)15;/h3-5,9-10,17H,2,16H2,1H3;1H/t9-,10-;/m0./s1. The van der Waals surface area contributed by atoms with Crippen LogP contribution in [0.4, 0.5) is 13.2 Å². The van der Waals surface area contributed by atoms with E-state index in [1.165, 1.54) is 12.1 Å². The van der Waals surface area contributed by atoms with Gasteiger partial charge in [0.25, 0.3) is 0 Å². The van der Waals surface area contributed by atoms with Crippen LogP contribution in [0.15, 0.2) is 22.7 Å². The lowest BCUT2D eigenvalue weighted by molar-refractivity contribution is -0.210. The quantitative estimate of drug-likeness (QED) is 0.863. The highest BCUT2D eigenvalue weighted by atomic mass is 79.9. The molecule has 2 atom stereocenters. The van der Waals surface area contributed by atoms with Crippen molar-refractivity contribution in [1.29, 1.82) is 0 Å². The zero-order valence-corrected chi connectivity index (χ0v) is 12.3. The van der Waals surface area contributed by atoms with E-state index in [4.69, 9.17) is 10.5 Å². The molecule has 0 saturated heterocycles. The Balaban J connectivity index is 0.00000324. The molecule has 1 aromatic carbocycles. The molecule has 0 bridgehead atoms. The van der Waals surface area contributed by atoms with E-state index in [0.29, 0.717) is 11.1 Å². The van der Waals surface area contributed by atoms with E-state index in [1.54, 1.807) is 13.0 Å². The third kappa shape index (κ3) is 4.83. The molecule has 3 N–H and O–H groups in total. The SMILES string of the molecule is CCOc1ccc(Br)cc1[C@H](N)[C@H](O)C(F)(F)F.Cl. The molecule has 8 heteroatoms. The number of benzene rings is 1. The Hall–Kier alpha value is -0.500. The average Bonchev–Trinajstić information content (AvgIpc) is 2.28. The molecule has 0 spiro atoms. The van der Waals surface area contributed by atoms with Crippen LogP contribution in [-0.4, -0.2) is 24.0 Å². The molecular formula is C11H14BrClF3NO2. The van der Waals surface area contributed by atoms with Crippen molar-refractivity contribution in [3.8, 4) is 5.75 Å². The first-order chi connectivity index (χ1) is 8.27. The Morgan fingerprint density at radius 3 is 2.47 bits per heavy atom. The van der Waals surface area contributed by atoms with Gasteiger partial charge in [0, 0.05) is 10.0 Å². The van der Waals surface area contributed by atoms with Gasteiger partial charge >= 0.3 is 6.18 Å². The van der Waals surface area contributed by atoms with Gasteiger partial charge < -0.3 is 15.6 Å². The van der Waals surface area contributed by atoms with Crippen LogP contribution in [0.5, 0.6) is 5.75 Å². The third-order valence-corrected chi connectivity index (χ3v) is 2.80. The van der Waals surface area contributed by atoms with Crippen LogP contribution in [0, 0.1) is 0 Å². The predicted octanol–water partition coefficient (Wildman–Crippen LogP) is 3.19. The molecule has 0 amide bonds. The van der Waals surface area contributed by atoms with Crippen LogP contribution in [0.25, 0.3) is 0 Å². The highest BCUT2D eigenvalue weighted by Gasteiger charge is 2.43. The van der Waals surface area contributed by atoms with Gasteiger partial charge in [0.1, 0.15) is 5.75 Å². The zero-order chi connectivity index (χ0) is 13.9. The van der Waals surface area contributed by atoms with Crippen molar-refractivity contribution in [2.45, 2.75) is 25.2 Å². The van der Waals surface area contributed by atoms with E-state index in [9.17, 15) is 18.3 Å². The molecule has 3 nitrogen and oxygen atoms in total. The summed E-state index contributed by atoms with van der Waals surface area (Å²) in [5.41, 5.74) is 5.56. The monoisotopic (exact) mass is 363 g/mol. The molecule has 0 aromatic heterocycles. The number of nitrogens with two attached hydrogens (primary N) is 1. The summed E-state index contributed by atoms with van der Waals surface area (Å²) in [6, 6.07) is 2.95. The van der Waals surface area contributed by atoms with Gasteiger partial charge in [-0.3, -0.25) is 0 Å². The molecule has 0 radical (unpaired) electrons. The molecule has 0 fully saturated rings. The molecule has 1 aromatic rings. The smallest absolute Gasteiger partial charge is 0.416 e. The van der Waals surface area contributed by atoms with E-state index in [-0.39, 0.29) is 23.7 Å². The number of rotatable bonds is 4. The second kappa shape index (κ2) is 7.33. The van der Waals surface area contributed by atoms with E-state index in [0.717, 1.165) is 0 Å². The summed E-state index contributed by atoms with van der Waals surface area (Å²) >= 11 is 3.14. The Bertz CT molecular complexity index is 417. The number of halogens is 5. The second-order valence-electron chi connectivity index (χ2n) is 3.63. The predicted molar refractivity (Wildman–Crippen MR) is 71.5 cm³/mol. The van der Waals surface area contributed by atoms with Crippen molar-refractivity contribution in [3.05, 3.63) is 28.2 Å². The van der Waals surface area contributed by atoms with Crippen LogP contribution in [0.3, 0.4) is 0 Å². The number of ether oxygens (including phenoxy) is 1. The molecule has 19 heavy (non-hydrogen) atoms. The third-order valence-electron chi connectivity index (χ3n) is 2.31. The Morgan fingerprint density at radius 1 is 1.42 bits per heavy atom. The molecule has 0 aliphatic rings. The van der Waals surface area contributed by atoms with Crippen molar-refractivity contribution in [3.63, 3.8) is 0 Å². The highest BCUT2D eigenvalue weighted by Crippen LogP contribution is 2.34. The van der Waals surface area contributed by atoms with Crippen LogP contribution in [-0.2, 0) is 0 Å². The van der Waals surface area contributed by atoms with Gasteiger partial charge in [-0.05, 0) is 25.1 Å². The first-order valence-electron chi connectivity index (χ1n) is 5.20. The Morgan fingerprint density at radius 2 is 2.00 bits per heavy atom. The van der Waals surface area contributed by atoms with Crippen molar-refractivity contribution in [1.82, 2.24) is 0 Å². The lowest BCUT2D eigenvalue weighted by Gasteiger charge is -2.23. The van der Waals surface area contributed by atoms with Crippen LogP contribution in [0.1, 0.15) is 18.5 Å². The van der Waals surface area contributed by atoms with Crippen molar-refractivity contribution in [2.75, 3.05) is 6.61 Å². The fourth-order valence-corrected chi connectivity index (χ4v) is 1.82. The maximum Gasteiger partial charge on any atom is 0.416 e. The lowest BCUT2D eigenvalue weighted by Crippen LogP contribution is -2.39. The van der Waals surface area contributed by atoms with E-state index in [1.807, 2.05) is 0 Å². The molecule has 1 rings (SSSR count). The second-order valence-corrected chi connectivity index (χ2v) is 4.54. The molecule has 0 aliphatic carbocycles. The normalized spacial score (nSPS) is 14.5. The summed E-state index contributed by atoms with van der Waals surface area (Å²) in [5, 5.41) is 9.17. The fourth-order valence-electron chi connectivity index (χ4n) is 1.44. The van der Waals surface area contributed by atoms with Gasteiger partial charge in [-0.25, -0.2) is 0 Å². The largest absolute Gasteiger partial charge is 0.494 e. The van der Waals surface area contributed by atoms with Gasteiger partial charge in [0.2, 0.25) is 0 Å². The van der Waals surface area contributed by atoms with Crippen molar-refractivity contribution in [2.24, 2.45) is 5.73 Å². The summed E-state index contributed by atoms with van der Waals surface area (Å²) in [6.07, 6.45) is -7.41. The number of aliphatic hydroxyl groups is 1. The molecular weight excluding hydrogens is 350 g/mol. The van der Waals surface area contributed by atoms with E-state index < -0.39 is 18.3 Å². The minimum Gasteiger partial charge on any atom is -0.494 e. The maximum atomic E-state index is 12.4. The first-order valence-corrected chi connectivity index (χ1v) is 5.99. The molecule has 0 aliphatic heterocycles. The van der Waals surface area contributed by atoms with Crippen LogP contribution >= 0.6 is 28.3 Å². The first kappa shape index (κ1) is 18.5. The van der Waals surface area contributed by atoms with Crippen LogP contribution < -0.4 is 10.5 Å². The zero-order valence-electron chi connectivity index (χ0n) is 9.95. The minimum absolute atomic E-state index is 0. The number of aliphatic hydroxyl groups excluding tert-OH is 1. The van der Waals surface area contributed by atoms with Gasteiger partial charge in [0.15, 0.2) is 6.10 Å². The fraction of sp³-hybridized carbons (Fsp3) is 0.455. The Labute approximate surface area is 123 Å². The summed E-state index contributed by atoms with van der Waals surface area (Å²) in [4.78, 5) is 0. The average molecular weight is 365 g/mol. The van der Waals surface area contributed by atoms with Gasteiger partial charge in [-0.15, -0.1) is 12.4 Å². The van der Waals surface area contributed by atoms with Gasteiger partial charge in [-0.1, -0.05) is 15.9 Å². The number of hydrogen-bond donors (Lipinski definition) is 2. The topological polar surface area (TPSA) is 55.5 Å². The molecule has 0 unspecified atom stereocenters. The number of hydrogen-bond acceptors (Lipinski definition) is 3. The molecule has 0 saturated carbocycles. The molecule has 0 heterocycles. The Kier molecular flexibility index (Phi) is 7.13. The van der Waals surface area contributed by atoms with Crippen molar-refractivity contribution >= 4 is 28.3 Å². The molecule has 110 valence electrons. The lowest BCUT2D eigenvalue weighted by atomic mass is 10.0. The van der Waals surface area contributed by atoms with E-state index in [2.05, 4.69) is 15.9 Å². The summed E-state index contributed by atoms with van der Waals surface area (Å²) in [7, 11) is 0. The minimum atomic E-state index is -4.77. The summed E-state index contributed by atoms with van der Waals surface area (Å²) < 4.78 is 43.0. The highest BCUT2D eigenvalue weighted by molar-refractivity contribution is 9.10. The number of alkyl halides is 3. The maximum absolute atomic E-state index is 12.4. The van der Waals surface area contributed by atoms with Gasteiger partial charge in [-0.2, -0.15) is 13.2 Å². The summed E-state index contributed by atoms with van der Waals surface area (Å²) in [5.74, 6) is 0.233. The van der Waals surface area contributed by atoms with Gasteiger partial charge in [0.05, 0.1) is 12.6 Å².